The number of halogens is 3. The van der Waals surface area contributed by atoms with Crippen LogP contribution in [-0.4, -0.2) is 44.9 Å². The van der Waals surface area contributed by atoms with Gasteiger partial charge in [0.25, 0.3) is 5.91 Å². The van der Waals surface area contributed by atoms with E-state index in [0.29, 0.717) is 23.9 Å². The Hall–Kier alpha value is -1.35. The number of ether oxygens (including phenoxy) is 1. The number of amides is 1. The molecule has 6 nitrogen and oxygen atoms in total. The molecule has 1 aliphatic rings. The van der Waals surface area contributed by atoms with Gasteiger partial charge in [0.1, 0.15) is 4.90 Å². The second-order valence-electron chi connectivity index (χ2n) is 5.74. The van der Waals surface area contributed by atoms with Gasteiger partial charge in [-0.3, -0.25) is 4.79 Å². The molecule has 0 radical (unpaired) electrons. The van der Waals surface area contributed by atoms with Gasteiger partial charge in [-0.15, -0.1) is 0 Å². The van der Waals surface area contributed by atoms with E-state index in [0.717, 1.165) is 0 Å². The predicted octanol–water partition coefficient (Wildman–Crippen LogP) is 3.92. The maximum atomic E-state index is 12.9. The van der Waals surface area contributed by atoms with E-state index < -0.39 is 15.9 Å². The normalized spacial score (nSPS) is 15.5. The van der Waals surface area contributed by atoms with Gasteiger partial charge in [0.05, 0.1) is 28.8 Å². The first-order valence-electron chi connectivity index (χ1n) is 7.93. The lowest BCUT2D eigenvalue weighted by atomic mass is 10.2. The van der Waals surface area contributed by atoms with Crippen molar-refractivity contribution in [2.45, 2.75) is 4.90 Å². The SMILES string of the molecule is O=C(Nc1cccc(Cl)c1)c1cc(S(=O)(=O)N2CCOCC2)c(Cl)cc1Cl. The quantitative estimate of drug-likeness (QED) is 0.767. The van der Waals surface area contributed by atoms with Crippen LogP contribution in [0.5, 0.6) is 0 Å². The Bertz CT molecular complexity index is 976. The third-order valence-corrected chi connectivity index (χ3v) is 6.85. The molecule has 0 atom stereocenters. The van der Waals surface area contributed by atoms with E-state index in [-0.39, 0.29) is 33.6 Å². The highest BCUT2D eigenvalue weighted by Gasteiger charge is 2.30. The van der Waals surface area contributed by atoms with Crippen LogP contribution in [0, 0.1) is 0 Å². The smallest absolute Gasteiger partial charge is 0.257 e. The lowest BCUT2D eigenvalue weighted by molar-refractivity contribution is 0.0730. The lowest BCUT2D eigenvalue weighted by Crippen LogP contribution is -2.40. The maximum absolute atomic E-state index is 12.9. The summed E-state index contributed by atoms with van der Waals surface area (Å²) in [5.74, 6) is -0.572. The van der Waals surface area contributed by atoms with Crippen molar-refractivity contribution < 1.29 is 17.9 Å². The molecule has 0 aliphatic carbocycles. The molecule has 0 bridgehead atoms. The molecule has 1 N–H and O–H groups in total. The zero-order chi connectivity index (χ0) is 19.6. The van der Waals surface area contributed by atoms with Crippen molar-refractivity contribution in [3.63, 3.8) is 0 Å². The van der Waals surface area contributed by atoms with Crippen LogP contribution in [0.15, 0.2) is 41.3 Å². The van der Waals surface area contributed by atoms with Gasteiger partial charge in [-0.05, 0) is 30.3 Å². The van der Waals surface area contributed by atoms with Crippen molar-refractivity contribution in [3.05, 3.63) is 57.0 Å². The number of nitrogens with zero attached hydrogens (tertiary/aromatic N) is 1. The average molecular weight is 450 g/mol. The minimum atomic E-state index is -3.88. The molecule has 2 aromatic carbocycles. The zero-order valence-corrected chi connectivity index (χ0v) is 17.0. The summed E-state index contributed by atoms with van der Waals surface area (Å²) in [5.41, 5.74) is 0.448. The van der Waals surface area contributed by atoms with Crippen LogP contribution >= 0.6 is 34.8 Å². The Balaban J connectivity index is 1.95. The summed E-state index contributed by atoms with van der Waals surface area (Å²) in [7, 11) is -3.88. The molecule has 10 heteroatoms. The number of morpholine rings is 1. The van der Waals surface area contributed by atoms with Crippen molar-refractivity contribution >= 4 is 56.4 Å². The molecule has 0 aromatic heterocycles. The number of sulfonamides is 1. The summed E-state index contributed by atoms with van der Waals surface area (Å²) >= 11 is 18.2. The molecule has 1 heterocycles. The number of carbonyl (C=O) groups is 1. The van der Waals surface area contributed by atoms with E-state index >= 15 is 0 Å². The standard InChI is InChI=1S/C17H15Cl3N2O4S/c18-11-2-1-3-12(8-11)21-17(23)13-9-16(15(20)10-14(13)19)27(24,25)22-4-6-26-7-5-22/h1-3,8-10H,4-7H2,(H,21,23). The minimum Gasteiger partial charge on any atom is -0.379 e. The molecule has 0 saturated carbocycles. The third-order valence-electron chi connectivity index (χ3n) is 3.94. The van der Waals surface area contributed by atoms with E-state index in [1.165, 1.54) is 16.4 Å². The van der Waals surface area contributed by atoms with Gasteiger partial charge in [0.2, 0.25) is 10.0 Å². The molecule has 144 valence electrons. The molecule has 27 heavy (non-hydrogen) atoms. The van der Waals surface area contributed by atoms with Crippen LogP contribution in [0.3, 0.4) is 0 Å². The van der Waals surface area contributed by atoms with Gasteiger partial charge in [0, 0.05) is 23.8 Å². The minimum absolute atomic E-state index is 0.00660. The molecule has 1 saturated heterocycles. The highest BCUT2D eigenvalue weighted by molar-refractivity contribution is 7.89. The summed E-state index contributed by atoms with van der Waals surface area (Å²) in [4.78, 5) is 12.4. The maximum Gasteiger partial charge on any atom is 0.257 e. The number of nitrogens with one attached hydrogen (secondary N) is 1. The highest BCUT2D eigenvalue weighted by Crippen LogP contribution is 2.31. The van der Waals surface area contributed by atoms with E-state index in [1.54, 1.807) is 24.3 Å². The second kappa shape index (κ2) is 8.34. The van der Waals surface area contributed by atoms with Gasteiger partial charge in [-0.1, -0.05) is 40.9 Å². The number of anilines is 1. The molecule has 1 amide bonds. The van der Waals surface area contributed by atoms with E-state index in [4.69, 9.17) is 39.5 Å². The first kappa shape index (κ1) is 20.4. The molecule has 3 rings (SSSR count). The molecular formula is C17H15Cl3N2O4S. The third kappa shape index (κ3) is 4.56. The topological polar surface area (TPSA) is 75.7 Å². The Labute approximate surface area is 172 Å². The molecule has 1 fully saturated rings. The summed E-state index contributed by atoms with van der Waals surface area (Å²) in [6, 6.07) is 9.00. The second-order valence-corrected chi connectivity index (χ2v) is 8.90. The molecule has 0 spiro atoms. The summed E-state index contributed by atoms with van der Waals surface area (Å²) in [6.45, 7) is 1.02. The predicted molar refractivity (Wildman–Crippen MR) is 105 cm³/mol. The number of carbonyl (C=O) groups excluding carboxylic acids is 1. The Kier molecular flexibility index (Phi) is 6.30. The fourth-order valence-electron chi connectivity index (χ4n) is 2.59. The first-order valence-corrected chi connectivity index (χ1v) is 10.5. The first-order chi connectivity index (χ1) is 12.8. The van der Waals surface area contributed by atoms with Crippen LogP contribution in [-0.2, 0) is 14.8 Å². The van der Waals surface area contributed by atoms with Gasteiger partial charge < -0.3 is 10.1 Å². The van der Waals surface area contributed by atoms with Crippen molar-refractivity contribution in [1.82, 2.24) is 4.31 Å². The number of rotatable bonds is 4. The Morgan fingerprint density at radius 2 is 1.74 bits per heavy atom. The van der Waals surface area contributed by atoms with Gasteiger partial charge >= 0.3 is 0 Å². The van der Waals surface area contributed by atoms with E-state index in [2.05, 4.69) is 5.32 Å². The van der Waals surface area contributed by atoms with Crippen LogP contribution in [0.4, 0.5) is 5.69 Å². The highest BCUT2D eigenvalue weighted by atomic mass is 35.5. The van der Waals surface area contributed by atoms with Crippen LogP contribution in [0.1, 0.15) is 10.4 Å². The molecule has 0 unspecified atom stereocenters. The number of benzene rings is 2. The number of hydrogen-bond acceptors (Lipinski definition) is 4. The zero-order valence-electron chi connectivity index (χ0n) is 13.9. The summed E-state index contributed by atoms with van der Waals surface area (Å²) < 4.78 is 32.2. The van der Waals surface area contributed by atoms with E-state index in [1.807, 2.05) is 0 Å². The largest absolute Gasteiger partial charge is 0.379 e. The van der Waals surface area contributed by atoms with Crippen LogP contribution in [0.2, 0.25) is 15.1 Å². The fraction of sp³-hybridized carbons (Fsp3) is 0.235. The van der Waals surface area contributed by atoms with Crippen LogP contribution < -0.4 is 5.32 Å². The molecule has 1 aliphatic heterocycles. The Morgan fingerprint density at radius 1 is 1.04 bits per heavy atom. The van der Waals surface area contributed by atoms with Crippen molar-refractivity contribution in [2.24, 2.45) is 0 Å². The fourth-order valence-corrected chi connectivity index (χ4v) is 5.02. The van der Waals surface area contributed by atoms with Crippen LogP contribution in [0.25, 0.3) is 0 Å². The van der Waals surface area contributed by atoms with Gasteiger partial charge in [-0.2, -0.15) is 4.31 Å². The lowest BCUT2D eigenvalue weighted by Gasteiger charge is -2.26. The number of hydrogen-bond donors (Lipinski definition) is 1. The van der Waals surface area contributed by atoms with Gasteiger partial charge in [0.15, 0.2) is 0 Å². The van der Waals surface area contributed by atoms with Crippen molar-refractivity contribution in [2.75, 3.05) is 31.6 Å². The van der Waals surface area contributed by atoms with Gasteiger partial charge in [-0.25, -0.2) is 8.42 Å². The summed E-state index contributed by atoms with van der Waals surface area (Å²) in [6.07, 6.45) is 0. The Morgan fingerprint density at radius 3 is 2.41 bits per heavy atom. The van der Waals surface area contributed by atoms with Crippen molar-refractivity contribution in [3.8, 4) is 0 Å². The molecule has 2 aromatic rings. The summed E-state index contributed by atoms with van der Waals surface area (Å²) in [5, 5.41) is 3.08. The average Bonchev–Trinajstić information content (AvgIpc) is 2.62. The monoisotopic (exact) mass is 448 g/mol. The van der Waals surface area contributed by atoms with Crippen molar-refractivity contribution in [1.29, 1.82) is 0 Å². The molecular weight excluding hydrogens is 435 g/mol. The van der Waals surface area contributed by atoms with E-state index in [9.17, 15) is 13.2 Å².